The summed E-state index contributed by atoms with van der Waals surface area (Å²) in [6, 6.07) is -0.266. The number of piperidine rings is 1. The highest BCUT2D eigenvalue weighted by atomic mass is 16.4. The second-order valence-corrected chi connectivity index (χ2v) is 5.83. The first-order valence-electron chi connectivity index (χ1n) is 7.62. The van der Waals surface area contributed by atoms with Crippen LogP contribution in [0.1, 0.15) is 39.0 Å². The van der Waals surface area contributed by atoms with Crippen LogP contribution in [0.25, 0.3) is 0 Å². The van der Waals surface area contributed by atoms with Gasteiger partial charge in [-0.05, 0) is 38.8 Å². The second kappa shape index (κ2) is 6.92. The summed E-state index contributed by atoms with van der Waals surface area (Å²) in [5.74, 6) is -1.23. The molecule has 3 N–H and O–H groups in total. The van der Waals surface area contributed by atoms with Crippen molar-refractivity contribution < 1.29 is 14.7 Å². The average Bonchev–Trinajstić information content (AvgIpc) is 2.87. The fourth-order valence-corrected chi connectivity index (χ4v) is 3.28. The van der Waals surface area contributed by atoms with Crippen LogP contribution in [0.3, 0.4) is 0 Å². The zero-order valence-electron chi connectivity index (χ0n) is 12.1. The van der Waals surface area contributed by atoms with Crippen LogP contribution >= 0.6 is 0 Å². The number of nitrogens with one attached hydrogen (secondary N) is 2. The van der Waals surface area contributed by atoms with E-state index in [1.165, 1.54) is 0 Å². The molecule has 1 heterocycles. The first-order chi connectivity index (χ1) is 9.60. The van der Waals surface area contributed by atoms with Crippen LogP contribution in [-0.2, 0) is 4.79 Å². The number of hydrogen-bond acceptors (Lipinski definition) is 3. The molecule has 0 radical (unpaired) electrons. The lowest BCUT2D eigenvalue weighted by Crippen LogP contribution is -2.53. The van der Waals surface area contributed by atoms with E-state index in [0.29, 0.717) is 6.42 Å². The summed E-state index contributed by atoms with van der Waals surface area (Å²) in [7, 11) is 0. The van der Waals surface area contributed by atoms with Gasteiger partial charge >= 0.3 is 12.0 Å². The van der Waals surface area contributed by atoms with Gasteiger partial charge in [0.2, 0.25) is 0 Å². The summed E-state index contributed by atoms with van der Waals surface area (Å²) in [4.78, 5) is 25.4. The number of rotatable bonds is 4. The van der Waals surface area contributed by atoms with Crippen LogP contribution in [0, 0.1) is 5.92 Å². The van der Waals surface area contributed by atoms with Gasteiger partial charge in [-0.25, -0.2) is 4.79 Å². The third kappa shape index (κ3) is 3.85. The fraction of sp³-hybridized carbons (Fsp3) is 0.857. The monoisotopic (exact) mass is 283 g/mol. The van der Waals surface area contributed by atoms with Crippen molar-refractivity contribution in [1.82, 2.24) is 15.5 Å². The number of hydrogen-bond donors (Lipinski definition) is 3. The van der Waals surface area contributed by atoms with Crippen LogP contribution in [0.4, 0.5) is 4.79 Å². The molecule has 3 atom stereocenters. The van der Waals surface area contributed by atoms with E-state index < -0.39 is 11.9 Å². The molecule has 1 aliphatic heterocycles. The van der Waals surface area contributed by atoms with Gasteiger partial charge in [-0.2, -0.15) is 0 Å². The van der Waals surface area contributed by atoms with Gasteiger partial charge in [-0.1, -0.05) is 13.3 Å². The average molecular weight is 283 g/mol. The van der Waals surface area contributed by atoms with Crippen molar-refractivity contribution in [3.63, 3.8) is 0 Å². The molecule has 0 aromatic carbocycles. The summed E-state index contributed by atoms with van der Waals surface area (Å²) >= 11 is 0. The van der Waals surface area contributed by atoms with E-state index in [9.17, 15) is 9.59 Å². The number of urea groups is 1. The van der Waals surface area contributed by atoms with Crippen LogP contribution in [0.15, 0.2) is 0 Å². The molecule has 114 valence electrons. The number of likely N-dealkylation sites (N-methyl/N-ethyl adjacent to an activating group) is 1. The highest BCUT2D eigenvalue weighted by Crippen LogP contribution is 2.25. The molecular formula is C14H25N3O3. The van der Waals surface area contributed by atoms with E-state index in [0.717, 1.165) is 45.3 Å². The lowest BCUT2D eigenvalue weighted by Gasteiger charge is -2.32. The van der Waals surface area contributed by atoms with Crippen molar-refractivity contribution in [1.29, 1.82) is 0 Å². The SMILES string of the molecule is CCN1CCCC(NC(=O)NC2CCCC2C(=O)O)C1. The van der Waals surface area contributed by atoms with Crippen molar-refractivity contribution in [2.45, 2.75) is 51.1 Å². The third-order valence-electron chi connectivity index (χ3n) is 4.44. The fourth-order valence-electron chi connectivity index (χ4n) is 3.28. The smallest absolute Gasteiger partial charge is 0.315 e. The van der Waals surface area contributed by atoms with Gasteiger partial charge in [-0.15, -0.1) is 0 Å². The molecule has 2 amide bonds. The molecule has 1 saturated carbocycles. The molecule has 0 aromatic heterocycles. The van der Waals surface area contributed by atoms with Crippen molar-refractivity contribution in [2.75, 3.05) is 19.6 Å². The van der Waals surface area contributed by atoms with E-state index in [1.54, 1.807) is 0 Å². The van der Waals surface area contributed by atoms with Gasteiger partial charge in [0.25, 0.3) is 0 Å². The molecule has 2 fully saturated rings. The Balaban J connectivity index is 1.78. The first kappa shape index (κ1) is 15.1. The summed E-state index contributed by atoms with van der Waals surface area (Å²) < 4.78 is 0. The molecule has 0 aromatic rings. The quantitative estimate of drug-likeness (QED) is 0.719. The number of carboxylic acid groups (broad SMARTS) is 1. The molecule has 2 rings (SSSR count). The Kier molecular flexibility index (Phi) is 5.23. The van der Waals surface area contributed by atoms with Crippen LogP contribution < -0.4 is 10.6 Å². The summed E-state index contributed by atoms with van der Waals surface area (Å²) in [5.41, 5.74) is 0. The summed E-state index contributed by atoms with van der Waals surface area (Å²) in [6.07, 6.45) is 4.38. The molecule has 0 spiro atoms. The maximum atomic E-state index is 12.0. The number of carbonyl (C=O) groups is 2. The van der Waals surface area contributed by atoms with Gasteiger partial charge in [-0.3, -0.25) is 4.79 Å². The Hall–Kier alpha value is -1.30. The van der Waals surface area contributed by atoms with E-state index in [2.05, 4.69) is 22.5 Å². The van der Waals surface area contributed by atoms with Gasteiger partial charge in [0.15, 0.2) is 0 Å². The van der Waals surface area contributed by atoms with Crippen LogP contribution in [-0.4, -0.2) is 53.7 Å². The van der Waals surface area contributed by atoms with Gasteiger partial charge in [0.05, 0.1) is 5.92 Å². The third-order valence-corrected chi connectivity index (χ3v) is 4.44. The summed E-state index contributed by atoms with van der Waals surface area (Å²) in [5, 5.41) is 14.9. The maximum Gasteiger partial charge on any atom is 0.315 e. The van der Waals surface area contributed by atoms with Gasteiger partial charge < -0.3 is 20.6 Å². The minimum absolute atomic E-state index is 0.174. The minimum atomic E-state index is -0.803. The molecule has 0 bridgehead atoms. The van der Waals surface area contributed by atoms with E-state index >= 15 is 0 Å². The van der Waals surface area contributed by atoms with Crippen molar-refractivity contribution >= 4 is 12.0 Å². The van der Waals surface area contributed by atoms with Crippen molar-refractivity contribution in [2.24, 2.45) is 5.92 Å². The molecule has 3 unspecified atom stereocenters. The molecular weight excluding hydrogens is 258 g/mol. The number of aliphatic carboxylic acids is 1. The minimum Gasteiger partial charge on any atom is -0.481 e. The first-order valence-corrected chi connectivity index (χ1v) is 7.62. The topological polar surface area (TPSA) is 81.7 Å². The predicted molar refractivity (Wildman–Crippen MR) is 75.6 cm³/mol. The molecule has 1 aliphatic carbocycles. The highest BCUT2D eigenvalue weighted by Gasteiger charge is 2.34. The zero-order valence-corrected chi connectivity index (χ0v) is 12.1. The molecule has 2 aliphatic rings. The number of nitrogens with zero attached hydrogens (tertiary/aromatic N) is 1. The Morgan fingerprint density at radius 2 is 2.00 bits per heavy atom. The van der Waals surface area contributed by atoms with E-state index in [4.69, 9.17) is 5.11 Å². The zero-order chi connectivity index (χ0) is 14.5. The second-order valence-electron chi connectivity index (χ2n) is 5.83. The summed E-state index contributed by atoms with van der Waals surface area (Å²) in [6.45, 7) is 5.11. The van der Waals surface area contributed by atoms with E-state index in [-0.39, 0.29) is 18.1 Å². The number of likely N-dealkylation sites (tertiary alicyclic amines) is 1. The van der Waals surface area contributed by atoms with Gasteiger partial charge in [0, 0.05) is 18.6 Å². The molecule has 20 heavy (non-hydrogen) atoms. The highest BCUT2D eigenvalue weighted by molar-refractivity contribution is 5.77. The van der Waals surface area contributed by atoms with Crippen molar-refractivity contribution in [3.8, 4) is 0 Å². The number of amides is 2. The molecule has 6 heteroatoms. The van der Waals surface area contributed by atoms with Gasteiger partial charge in [0.1, 0.15) is 0 Å². The lowest BCUT2D eigenvalue weighted by atomic mass is 10.0. The maximum absolute atomic E-state index is 12.0. The standard InChI is InChI=1S/C14H25N3O3/c1-2-17-8-4-5-10(9-17)15-14(20)16-12-7-3-6-11(12)13(18)19/h10-12H,2-9H2,1H3,(H,18,19)(H2,15,16,20). The Labute approximate surface area is 119 Å². The van der Waals surface area contributed by atoms with Crippen LogP contribution in [0.2, 0.25) is 0 Å². The number of carbonyl (C=O) groups excluding carboxylic acids is 1. The predicted octanol–water partition coefficient (Wildman–Crippen LogP) is 1.02. The Morgan fingerprint density at radius 3 is 2.70 bits per heavy atom. The lowest BCUT2D eigenvalue weighted by molar-refractivity contribution is -0.142. The number of carboxylic acids is 1. The Morgan fingerprint density at radius 1 is 1.20 bits per heavy atom. The van der Waals surface area contributed by atoms with E-state index in [1.807, 2.05) is 0 Å². The van der Waals surface area contributed by atoms with Crippen molar-refractivity contribution in [3.05, 3.63) is 0 Å². The normalized spacial score (nSPS) is 30.9. The van der Waals surface area contributed by atoms with Crippen LogP contribution in [0.5, 0.6) is 0 Å². The molecule has 1 saturated heterocycles. The molecule has 6 nitrogen and oxygen atoms in total. The Bertz CT molecular complexity index is 362. The largest absolute Gasteiger partial charge is 0.481 e.